The number of rotatable bonds is 0. The lowest BCUT2D eigenvalue weighted by molar-refractivity contribution is 0.670. The molecular formula is C28H16O. The summed E-state index contributed by atoms with van der Waals surface area (Å²) in [7, 11) is 0. The summed E-state index contributed by atoms with van der Waals surface area (Å²) in [5.41, 5.74) is 1.90. The fourth-order valence-electron chi connectivity index (χ4n) is 4.86. The molecule has 1 aromatic heterocycles. The lowest BCUT2D eigenvalue weighted by Gasteiger charge is -2.06. The van der Waals surface area contributed by atoms with Crippen LogP contribution in [0.25, 0.3) is 65.0 Å². The van der Waals surface area contributed by atoms with Crippen molar-refractivity contribution in [1.82, 2.24) is 0 Å². The van der Waals surface area contributed by atoms with Gasteiger partial charge in [-0.25, -0.2) is 0 Å². The van der Waals surface area contributed by atoms with Crippen molar-refractivity contribution in [3.05, 3.63) is 97.1 Å². The molecule has 0 aliphatic rings. The summed E-state index contributed by atoms with van der Waals surface area (Å²) in [6.07, 6.45) is 0. The highest BCUT2D eigenvalue weighted by Gasteiger charge is 2.13. The Labute approximate surface area is 166 Å². The Bertz CT molecular complexity index is 1750. The van der Waals surface area contributed by atoms with E-state index in [0.29, 0.717) is 0 Å². The second kappa shape index (κ2) is 5.36. The predicted octanol–water partition coefficient (Wildman–Crippen LogP) is 8.20. The van der Waals surface area contributed by atoms with E-state index in [0.717, 1.165) is 11.2 Å². The average molecular weight is 368 g/mol. The zero-order valence-corrected chi connectivity index (χ0v) is 15.6. The second-order valence-corrected chi connectivity index (χ2v) is 7.78. The molecule has 1 nitrogen and oxygen atoms in total. The maximum atomic E-state index is 6.33. The summed E-state index contributed by atoms with van der Waals surface area (Å²) in [4.78, 5) is 0. The molecule has 0 saturated heterocycles. The summed E-state index contributed by atoms with van der Waals surface area (Å²) in [6, 6.07) is 34.8. The van der Waals surface area contributed by atoms with Gasteiger partial charge in [0.2, 0.25) is 0 Å². The molecule has 0 radical (unpaired) electrons. The van der Waals surface area contributed by atoms with E-state index >= 15 is 0 Å². The number of fused-ring (bicyclic) bond motifs is 10. The van der Waals surface area contributed by atoms with Crippen LogP contribution in [0.4, 0.5) is 0 Å². The summed E-state index contributed by atoms with van der Waals surface area (Å²) >= 11 is 0. The molecule has 0 aliphatic carbocycles. The molecule has 134 valence electrons. The van der Waals surface area contributed by atoms with Crippen molar-refractivity contribution < 1.29 is 4.42 Å². The van der Waals surface area contributed by atoms with Gasteiger partial charge in [0.15, 0.2) is 0 Å². The molecular weight excluding hydrogens is 352 g/mol. The van der Waals surface area contributed by atoms with Gasteiger partial charge in [0.25, 0.3) is 0 Å². The highest BCUT2D eigenvalue weighted by molar-refractivity contribution is 6.25. The van der Waals surface area contributed by atoms with E-state index in [1.165, 1.54) is 53.9 Å². The standard InChI is InChI=1S/C28H16O/c1-3-7-20-18(6-1)11-12-23-22(20)13-14-26-28(23)25-15-19-10-9-17-5-2-4-8-21(17)24(19)16-27(25)29-26/h1-16H. The second-order valence-electron chi connectivity index (χ2n) is 7.78. The lowest BCUT2D eigenvalue weighted by atomic mass is 9.96. The Morgan fingerprint density at radius 3 is 1.86 bits per heavy atom. The Morgan fingerprint density at radius 1 is 0.379 bits per heavy atom. The minimum Gasteiger partial charge on any atom is -0.456 e. The summed E-state index contributed by atoms with van der Waals surface area (Å²) < 4.78 is 6.33. The zero-order valence-electron chi connectivity index (χ0n) is 15.6. The van der Waals surface area contributed by atoms with Gasteiger partial charge in [-0.1, -0.05) is 78.9 Å². The van der Waals surface area contributed by atoms with Crippen LogP contribution in [0.1, 0.15) is 0 Å². The SMILES string of the molecule is c1ccc2c(c1)ccc1cc3c(cc12)oc1ccc2c4ccccc4ccc2c13. The first-order chi connectivity index (χ1) is 14.4. The van der Waals surface area contributed by atoms with Crippen molar-refractivity contribution in [3.8, 4) is 0 Å². The first kappa shape index (κ1) is 15.1. The van der Waals surface area contributed by atoms with Gasteiger partial charge in [0.1, 0.15) is 11.2 Å². The van der Waals surface area contributed by atoms with Gasteiger partial charge < -0.3 is 4.42 Å². The average Bonchev–Trinajstić information content (AvgIpc) is 3.15. The molecule has 0 fully saturated rings. The topological polar surface area (TPSA) is 13.1 Å². The van der Waals surface area contributed by atoms with Gasteiger partial charge in [-0.3, -0.25) is 0 Å². The van der Waals surface area contributed by atoms with Crippen molar-refractivity contribution in [2.24, 2.45) is 0 Å². The molecule has 1 heterocycles. The van der Waals surface area contributed by atoms with Crippen molar-refractivity contribution in [2.75, 3.05) is 0 Å². The molecule has 6 aromatic carbocycles. The van der Waals surface area contributed by atoms with Crippen molar-refractivity contribution in [3.63, 3.8) is 0 Å². The van der Waals surface area contributed by atoms with Gasteiger partial charge in [-0.05, 0) is 61.3 Å². The van der Waals surface area contributed by atoms with E-state index in [9.17, 15) is 0 Å². The summed E-state index contributed by atoms with van der Waals surface area (Å²) in [6.45, 7) is 0. The van der Waals surface area contributed by atoms with E-state index < -0.39 is 0 Å². The minimum atomic E-state index is 0.947. The van der Waals surface area contributed by atoms with Crippen LogP contribution in [-0.4, -0.2) is 0 Å². The third-order valence-corrected chi connectivity index (χ3v) is 6.22. The van der Waals surface area contributed by atoms with E-state index in [1.54, 1.807) is 0 Å². The fourth-order valence-corrected chi connectivity index (χ4v) is 4.86. The zero-order chi connectivity index (χ0) is 18.9. The molecule has 0 amide bonds. The Hall–Kier alpha value is -3.84. The Kier molecular flexibility index (Phi) is 2.80. The van der Waals surface area contributed by atoms with Crippen LogP contribution in [0.3, 0.4) is 0 Å². The largest absolute Gasteiger partial charge is 0.456 e. The van der Waals surface area contributed by atoms with Crippen LogP contribution in [0.5, 0.6) is 0 Å². The predicted molar refractivity (Wildman–Crippen MR) is 124 cm³/mol. The molecule has 0 saturated carbocycles. The maximum Gasteiger partial charge on any atom is 0.136 e. The van der Waals surface area contributed by atoms with Gasteiger partial charge in [-0.2, -0.15) is 0 Å². The third-order valence-electron chi connectivity index (χ3n) is 6.22. The van der Waals surface area contributed by atoms with Crippen LogP contribution in [0.2, 0.25) is 0 Å². The fraction of sp³-hybridized carbons (Fsp3) is 0. The smallest absolute Gasteiger partial charge is 0.136 e. The van der Waals surface area contributed by atoms with Gasteiger partial charge in [0, 0.05) is 10.8 Å². The van der Waals surface area contributed by atoms with E-state index in [2.05, 4.69) is 97.1 Å². The first-order valence-electron chi connectivity index (χ1n) is 9.95. The van der Waals surface area contributed by atoms with Gasteiger partial charge >= 0.3 is 0 Å². The maximum absolute atomic E-state index is 6.33. The number of benzene rings is 6. The van der Waals surface area contributed by atoms with Gasteiger partial charge in [0.05, 0.1) is 0 Å². The molecule has 7 rings (SSSR count). The van der Waals surface area contributed by atoms with Crippen LogP contribution in [0.15, 0.2) is 101 Å². The summed E-state index contributed by atoms with van der Waals surface area (Å²) in [5, 5.41) is 12.5. The molecule has 29 heavy (non-hydrogen) atoms. The van der Waals surface area contributed by atoms with Crippen molar-refractivity contribution >= 4 is 65.0 Å². The number of hydrogen-bond acceptors (Lipinski definition) is 1. The third kappa shape index (κ3) is 1.99. The molecule has 0 aliphatic heterocycles. The molecule has 0 atom stereocenters. The molecule has 0 unspecified atom stereocenters. The molecule has 7 aromatic rings. The van der Waals surface area contributed by atoms with Crippen LogP contribution in [0, 0.1) is 0 Å². The number of furan rings is 1. The van der Waals surface area contributed by atoms with E-state index in [1.807, 2.05) is 0 Å². The molecule has 0 spiro atoms. The van der Waals surface area contributed by atoms with E-state index in [-0.39, 0.29) is 0 Å². The Morgan fingerprint density at radius 2 is 1.03 bits per heavy atom. The van der Waals surface area contributed by atoms with Crippen molar-refractivity contribution in [1.29, 1.82) is 0 Å². The number of hydrogen-bond donors (Lipinski definition) is 0. The lowest BCUT2D eigenvalue weighted by Crippen LogP contribution is -1.80. The Balaban J connectivity index is 1.68. The van der Waals surface area contributed by atoms with Crippen molar-refractivity contribution in [2.45, 2.75) is 0 Å². The monoisotopic (exact) mass is 368 g/mol. The summed E-state index contributed by atoms with van der Waals surface area (Å²) in [5.74, 6) is 0. The van der Waals surface area contributed by atoms with Gasteiger partial charge in [-0.15, -0.1) is 0 Å². The quantitative estimate of drug-likeness (QED) is 0.246. The van der Waals surface area contributed by atoms with Crippen LogP contribution < -0.4 is 0 Å². The highest BCUT2D eigenvalue weighted by Crippen LogP contribution is 2.39. The first-order valence-corrected chi connectivity index (χ1v) is 9.95. The molecule has 0 bridgehead atoms. The van der Waals surface area contributed by atoms with Crippen LogP contribution >= 0.6 is 0 Å². The molecule has 0 N–H and O–H groups in total. The highest BCUT2D eigenvalue weighted by atomic mass is 16.3. The normalized spacial score (nSPS) is 12.1. The van der Waals surface area contributed by atoms with E-state index in [4.69, 9.17) is 4.42 Å². The minimum absolute atomic E-state index is 0.947. The van der Waals surface area contributed by atoms with Crippen LogP contribution in [-0.2, 0) is 0 Å². The molecule has 1 heteroatoms.